The lowest BCUT2D eigenvalue weighted by molar-refractivity contribution is 0.408. The lowest BCUT2D eigenvalue weighted by atomic mass is 10.0. The average molecular weight is 301 g/mol. The van der Waals surface area contributed by atoms with E-state index in [0.29, 0.717) is 22.0 Å². The van der Waals surface area contributed by atoms with E-state index >= 15 is 0 Å². The van der Waals surface area contributed by atoms with Crippen molar-refractivity contribution in [2.24, 2.45) is 0 Å². The zero-order valence-electron chi connectivity index (χ0n) is 11.3. The molecule has 21 heavy (non-hydrogen) atoms. The summed E-state index contributed by atoms with van der Waals surface area (Å²) >= 11 is 6.24. The third-order valence-corrected chi connectivity index (χ3v) is 3.61. The Bertz CT molecular complexity index is 783. The van der Waals surface area contributed by atoms with E-state index in [1.807, 2.05) is 24.3 Å². The number of H-pyrrole nitrogens is 1. The van der Waals surface area contributed by atoms with Crippen LogP contribution in [-0.2, 0) is 0 Å². The number of nitrogens with zero attached hydrogens (tertiary/aromatic N) is 1. The predicted octanol–water partition coefficient (Wildman–Crippen LogP) is 4.11. The zero-order chi connectivity index (χ0) is 14.8. The summed E-state index contributed by atoms with van der Waals surface area (Å²) < 4.78 is 5.09. The van der Waals surface area contributed by atoms with Crippen molar-refractivity contribution >= 4 is 11.6 Å². The summed E-state index contributed by atoms with van der Waals surface area (Å²) in [5.41, 5.74) is 3.05. The molecule has 0 aliphatic heterocycles. The fourth-order valence-corrected chi connectivity index (χ4v) is 2.46. The van der Waals surface area contributed by atoms with E-state index in [9.17, 15) is 5.11 Å². The number of phenols is 1. The van der Waals surface area contributed by atoms with Crippen molar-refractivity contribution in [3.63, 3.8) is 0 Å². The quantitative estimate of drug-likeness (QED) is 0.765. The van der Waals surface area contributed by atoms with Crippen LogP contribution in [0, 0.1) is 0 Å². The first kappa shape index (κ1) is 13.5. The Morgan fingerprint density at radius 3 is 2.62 bits per heavy atom. The fraction of sp³-hybridized carbons (Fsp3) is 0.0625. The van der Waals surface area contributed by atoms with E-state index in [2.05, 4.69) is 10.2 Å². The minimum absolute atomic E-state index is 0.118. The van der Waals surface area contributed by atoms with Gasteiger partial charge in [0.2, 0.25) is 0 Å². The predicted molar refractivity (Wildman–Crippen MR) is 82.7 cm³/mol. The van der Waals surface area contributed by atoms with Gasteiger partial charge >= 0.3 is 0 Å². The fourth-order valence-electron chi connectivity index (χ4n) is 2.23. The van der Waals surface area contributed by atoms with E-state index in [1.165, 1.54) is 0 Å². The molecule has 0 aliphatic rings. The molecule has 2 N–H and O–H groups in total. The summed E-state index contributed by atoms with van der Waals surface area (Å²) in [6.07, 6.45) is 1.69. The normalized spacial score (nSPS) is 10.6. The van der Waals surface area contributed by atoms with Gasteiger partial charge in [-0.15, -0.1) is 0 Å². The lowest BCUT2D eigenvalue weighted by Crippen LogP contribution is -1.87. The van der Waals surface area contributed by atoms with E-state index in [4.69, 9.17) is 16.3 Å². The molecule has 0 bridgehead atoms. The van der Waals surface area contributed by atoms with Crippen molar-refractivity contribution in [1.82, 2.24) is 10.2 Å². The molecule has 0 amide bonds. The molecule has 0 fully saturated rings. The minimum Gasteiger partial charge on any atom is -0.507 e. The van der Waals surface area contributed by atoms with Gasteiger partial charge in [0.05, 0.1) is 19.0 Å². The molecular weight excluding hydrogens is 288 g/mol. The molecule has 0 saturated carbocycles. The number of rotatable bonds is 3. The van der Waals surface area contributed by atoms with Crippen LogP contribution < -0.4 is 4.74 Å². The van der Waals surface area contributed by atoms with Crippen molar-refractivity contribution < 1.29 is 9.84 Å². The molecular formula is C16H13ClN2O2. The van der Waals surface area contributed by atoms with Crippen molar-refractivity contribution in [1.29, 1.82) is 0 Å². The maximum Gasteiger partial charge on any atom is 0.128 e. The van der Waals surface area contributed by atoms with Gasteiger partial charge in [0, 0.05) is 27.8 Å². The van der Waals surface area contributed by atoms with Crippen LogP contribution in [0.2, 0.25) is 5.02 Å². The second-order valence-electron chi connectivity index (χ2n) is 4.52. The number of halogens is 1. The lowest BCUT2D eigenvalue weighted by Gasteiger charge is -2.08. The standard InChI is InChI=1S/C16H13ClN2O2/c1-21-10-6-7-12(15(20)8-10)16-13(9-18-19-16)11-4-2-3-5-14(11)17/h2-9,20H,1H3,(H,18,19). The van der Waals surface area contributed by atoms with Gasteiger partial charge in [0.1, 0.15) is 11.5 Å². The molecule has 0 unspecified atom stereocenters. The van der Waals surface area contributed by atoms with Crippen molar-refractivity contribution in [2.45, 2.75) is 0 Å². The average Bonchev–Trinajstić information content (AvgIpc) is 2.96. The first-order valence-electron chi connectivity index (χ1n) is 6.36. The number of nitrogens with one attached hydrogen (secondary N) is 1. The molecule has 0 saturated heterocycles. The highest BCUT2D eigenvalue weighted by atomic mass is 35.5. The van der Waals surface area contributed by atoms with Crippen LogP contribution in [0.15, 0.2) is 48.7 Å². The van der Waals surface area contributed by atoms with Gasteiger partial charge in [-0.2, -0.15) is 5.10 Å². The van der Waals surface area contributed by atoms with Crippen LogP contribution in [0.25, 0.3) is 22.4 Å². The number of ether oxygens (including phenoxy) is 1. The molecule has 2 aromatic carbocycles. The summed E-state index contributed by atoms with van der Waals surface area (Å²) in [6, 6.07) is 12.6. The highest BCUT2D eigenvalue weighted by Gasteiger charge is 2.15. The Balaban J connectivity index is 2.14. The van der Waals surface area contributed by atoms with Gasteiger partial charge in [-0.25, -0.2) is 0 Å². The molecule has 0 spiro atoms. The number of phenolic OH excluding ortho intramolecular Hbond substituents is 1. The number of methoxy groups -OCH3 is 1. The highest BCUT2D eigenvalue weighted by molar-refractivity contribution is 6.33. The van der Waals surface area contributed by atoms with E-state index in [-0.39, 0.29) is 5.75 Å². The summed E-state index contributed by atoms with van der Waals surface area (Å²) in [5, 5.41) is 17.8. The Labute approximate surface area is 127 Å². The van der Waals surface area contributed by atoms with Crippen LogP contribution in [-0.4, -0.2) is 22.4 Å². The number of hydrogen-bond acceptors (Lipinski definition) is 3. The first-order chi connectivity index (χ1) is 10.2. The number of benzene rings is 2. The van der Waals surface area contributed by atoms with Crippen LogP contribution in [0.1, 0.15) is 0 Å². The SMILES string of the molecule is COc1ccc(-c2[nH]ncc2-c2ccccc2Cl)c(O)c1. The van der Waals surface area contributed by atoms with Gasteiger partial charge in [-0.05, 0) is 18.2 Å². The minimum atomic E-state index is 0.118. The van der Waals surface area contributed by atoms with E-state index in [1.54, 1.807) is 31.5 Å². The summed E-state index contributed by atoms with van der Waals surface area (Å²) in [5.74, 6) is 0.710. The summed E-state index contributed by atoms with van der Waals surface area (Å²) in [7, 11) is 1.56. The molecule has 0 atom stereocenters. The Hall–Kier alpha value is -2.46. The second kappa shape index (κ2) is 5.50. The molecule has 4 nitrogen and oxygen atoms in total. The van der Waals surface area contributed by atoms with Crippen LogP contribution in [0.4, 0.5) is 0 Å². The van der Waals surface area contributed by atoms with Crippen LogP contribution in [0.3, 0.4) is 0 Å². The van der Waals surface area contributed by atoms with Gasteiger partial charge < -0.3 is 9.84 Å². The monoisotopic (exact) mass is 300 g/mol. The van der Waals surface area contributed by atoms with Gasteiger partial charge in [0.25, 0.3) is 0 Å². The molecule has 1 heterocycles. The maximum absolute atomic E-state index is 10.2. The van der Waals surface area contributed by atoms with Crippen molar-refractivity contribution in [3.05, 3.63) is 53.7 Å². The number of aromatic nitrogens is 2. The second-order valence-corrected chi connectivity index (χ2v) is 4.93. The smallest absolute Gasteiger partial charge is 0.128 e. The Kier molecular flexibility index (Phi) is 3.54. The topological polar surface area (TPSA) is 58.1 Å². The molecule has 3 aromatic rings. The Morgan fingerprint density at radius 2 is 1.90 bits per heavy atom. The molecule has 5 heteroatoms. The van der Waals surface area contributed by atoms with Crippen LogP contribution >= 0.6 is 11.6 Å². The molecule has 3 rings (SSSR count). The van der Waals surface area contributed by atoms with Crippen molar-refractivity contribution in [2.75, 3.05) is 7.11 Å². The van der Waals surface area contributed by atoms with Gasteiger partial charge in [0.15, 0.2) is 0 Å². The molecule has 0 radical (unpaired) electrons. The van der Waals surface area contributed by atoms with E-state index < -0.39 is 0 Å². The third-order valence-electron chi connectivity index (χ3n) is 3.28. The summed E-state index contributed by atoms with van der Waals surface area (Å²) in [4.78, 5) is 0. The van der Waals surface area contributed by atoms with Gasteiger partial charge in [-0.3, -0.25) is 5.10 Å². The third kappa shape index (κ3) is 2.45. The molecule has 1 aromatic heterocycles. The highest BCUT2D eigenvalue weighted by Crippen LogP contribution is 2.38. The van der Waals surface area contributed by atoms with E-state index in [0.717, 1.165) is 11.1 Å². The maximum atomic E-state index is 10.2. The Morgan fingerprint density at radius 1 is 1.10 bits per heavy atom. The number of aromatic amines is 1. The van der Waals surface area contributed by atoms with Gasteiger partial charge in [-0.1, -0.05) is 29.8 Å². The van der Waals surface area contributed by atoms with Crippen molar-refractivity contribution in [3.8, 4) is 33.9 Å². The summed E-state index contributed by atoms with van der Waals surface area (Å²) in [6.45, 7) is 0. The largest absolute Gasteiger partial charge is 0.507 e. The van der Waals surface area contributed by atoms with Crippen LogP contribution in [0.5, 0.6) is 11.5 Å². The first-order valence-corrected chi connectivity index (χ1v) is 6.74. The molecule has 106 valence electrons. The number of hydrogen-bond donors (Lipinski definition) is 2. The molecule has 0 aliphatic carbocycles. The number of aromatic hydroxyl groups is 1. The zero-order valence-corrected chi connectivity index (χ0v) is 12.1.